The number of hydrazone groups is 1. The normalized spacial score (nSPS) is 11.2. The molecule has 0 unspecified atom stereocenters. The number of benzene rings is 1. The van der Waals surface area contributed by atoms with Crippen LogP contribution in [0.5, 0.6) is 0 Å². The van der Waals surface area contributed by atoms with Crippen LogP contribution in [0.3, 0.4) is 0 Å². The van der Waals surface area contributed by atoms with Crippen molar-refractivity contribution in [2.45, 2.75) is 34.2 Å². The van der Waals surface area contributed by atoms with Gasteiger partial charge in [0.2, 0.25) is 0 Å². The highest BCUT2D eigenvalue weighted by atomic mass is 35.5. The van der Waals surface area contributed by atoms with Gasteiger partial charge in [-0.2, -0.15) is 5.10 Å². The molecule has 1 heterocycles. The molecule has 6 N–H and O–H groups in total. The summed E-state index contributed by atoms with van der Waals surface area (Å²) in [6.45, 7) is 12.0. The van der Waals surface area contributed by atoms with Gasteiger partial charge in [-0.1, -0.05) is 67.9 Å². The minimum atomic E-state index is 0.300. The molecule has 0 aliphatic rings. The van der Waals surface area contributed by atoms with E-state index < -0.39 is 0 Å². The molecule has 0 spiro atoms. The molecule has 182 valence electrons. The third kappa shape index (κ3) is 11.7. The second kappa shape index (κ2) is 16.1. The van der Waals surface area contributed by atoms with Crippen molar-refractivity contribution in [2.75, 3.05) is 26.4 Å². The molecule has 0 bridgehead atoms. The van der Waals surface area contributed by atoms with Crippen molar-refractivity contribution in [1.29, 1.82) is 0 Å². The zero-order chi connectivity index (χ0) is 25.6. The largest absolute Gasteiger partial charge is 0.383 e. The first kappa shape index (κ1) is 30.4. The van der Waals surface area contributed by atoms with Crippen LogP contribution in [0.4, 0.5) is 5.82 Å². The van der Waals surface area contributed by atoms with Gasteiger partial charge in [-0.3, -0.25) is 5.01 Å². The maximum atomic E-state index is 6.06. The molecule has 0 saturated heterocycles. The number of nitrogens with two attached hydrogens (primary N) is 3. The lowest BCUT2D eigenvalue weighted by Gasteiger charge is -2.20. The summed E-state index contributed by atoms with van der Waals surface area (Å²) < 4.78 is 0. The molecule has 0 fully saturated rings. The van der Waals surface area contributed by atoms with E-state index in [0.717, 1.165) is 17.7 Å². The molecule has 1 aromatic carbocycles. The zero-order valence-electron chi connectivity index (χ0n) is 20.4. The smallest absolute Gasteiger partial charge is 0.173 e. The fourth-order valence-electron chi connectivity index (χ4n) is 2.59. The van der Waals surface area contributed by atoms with E-state index in [4.69, 9.17) is 40.6 Å². The van der Waals surface area contributed by atoms with Crippen molar-refractivity contribution in [3.05, 3.63) is 70.4 Å². The first-order valence-electron chi connectivity index (χ1n) is 10.5. The highest BCUT2D eigenvalue weighted by molar-refractivity contribution is 6.29. The van der Waals surface area contributed by atoms with Crippen molar-refractivity contribution < 1.29 is 0 Å². The Morgan fingerprint density at radius 1 is 1.12 bits per heavy atom. The van der Waals surface area contributed by atoms with Gasteiger partial charge in [0, 0.05) is 28.4 Å². The summed E-state index contributed by atoms with van der Waals surface area (Å²) in [6, 6.07) is 10.2. The van der Waals surface area contributed by atoms with Crippen molar-refractivity contribution in [3.8, 4) is 11.1 Å². The molecular formula is C24H37Cl2N7. The summed E-state index contributed by atoms with van der Waals surface area (Å²) in [5.74, 6) is 12.3. The van der Waals surface area contributed by atoms with E-state index in [1.54, 1.807) is 26.1 Å². The number of anilines is 1. The highest BCUT2D eigenvalue weighted by Crippen LogP contribution is 2.23. The average molecular weight is 495 g/mol. The van der Waals surface area contributed by atoms with Crippen molar-refractivity contribution in [2.24, 2.45) is 16.8 Å². The minimum absolute atomic E-state index is 0.300. The first-order chi connectivity index (χ1) is 15.5. The lowest BCUT2D eigenvalue weighted by Crippen LogP contribution is -2.39. The molecule has 0 aliphatic heterocycles. The lowest BCUT2D eigenvalue weighted by molar-refractivity contribution is 0.402. The number of nitrogens with zero attached hydrogens (tertiary/aromatic N) is 4. The molecule has 0 amide bonds. The third-order valence-corrected chi connectivity index (χ3v) is 4.06. The second-order valence-electron chi connectivity index (χ2n) is 7.16. The van der Waals surface area contributed by atoms with Crippen LogP contribution < -0.4 is 17.4 Å². The molecule has 1 aromatic heterocycles. The maximum absolute atomic E-state index is 6.06. The summed E-state index contributed by atoms with van der Waals surface area (Å²) in [5.41, 5.74) is 9.75. The molecule has 0 radical (unpaired) electrons. The van der Waals surface area contributed by atoms with E-state index in [1.807, 2.05) is 34.0 Å². The average Bonchev–Trinajstić information content (AvgIpc) is 2.75. The van der Waals surface area contributed by atoms with Gasteiger partial charge in [-0.15, -0.1) is 0 Å². The molecular weight excluding hydrogens is 457 g/mol. The van der Waals surface area contributed by atoms with Crippen LogP contribution in [0.15, 0.2) is 64.3 Å². The number of amidine groups is 1. The Bertz CT molecular complexity index is 915. The summed E-state index contributed by atoms with van der Waals surface area (Å²) in [6.07, 6.45) is 3.47. The Morgan fingerprint density at radius 2 is 1.67 bits per heavy atom. The number of allylic oxidation sites excluding steroid dienone is 2. The number of hydrazine groups is 1. The van der Waals surface area contributed by atoms with Crippen LogP contribution in [0.1, 0.15) is 38.8 Å². The number of hydrogen-bond donors (Lipinski definition) is 3. The summed E-state index contributed by atoms with van der Waals surface area (Å²) in [7, 11) is 4.08. The SMILES string of the molecule is C/C(Cl)=C\CN(N)/C(=N\N)c1cc(-c2ccc(CN(C)C)cc2)cnc1N.C=C(C)Cl.CC. The molecule has 0 atom stereocenters. The van der Waals surface area contributed by atoms with Gasteiger partial charge in [0.25, 0.3) is 0 Å². The van der Waals surface area contributed by atoms with E-state index >= 15 is 0 Å². The van der Waals surface area contributed by atoms with Crippen LogP contribution in [0, 0.1) is 0 Å². The molecule has 2 aromatic rings. The zero-order valence-corrected chi connectivity index (χ0v) is 22.0. The van der Waals surface area contributed by atoms with Crippen LogP contribution >= 0.6 is 23.2 Å². The predicted octanol–water partition coefficient (Wildman–Crippen LogP) is 5.12. The van der Waals surface area contributed by atoms with Gasteiger partial charge in [0.05, 0.1) is 12.1 Å². The Hall–Kier alpha value is -2.58. The van der Waals surface area contributed by atoms with Crippen LogP contribution in [0.2, 0.25) is 0 Å². The van der Waals surface area contributed by atoms with Gasteiger partial charge in [0.1, 0.15) is 5.82 Å². The van der Waals surface area contributed by atoms with E-state index in [-0.39, 0.29) is 0 Å². The van der Waals surface area contributed by atoms with Crippen molar-refractivity contribution in [3.63, 3.8) is 0 Å². The molecule has 33 heavy (non-hydrogen) atoms. The minimum Gasteiger partial charge on any atom is -0.383 e. The first-order valence-corrected chi connectivity index (χ1v) is 11.2. The van der Waals surface area contributed by atoms with Crippen LogP contribution in [-0.4, -0.2) is 41.4 Å². The van der Waals surface area contributed by atoms with Gasteiger partial charge in [0.15, 0.2) is 5.84 Å². The topological polar surface area (TPSA) is 110 Å². The Kier molecular flexibility index (Phi) is 14.8. The molecule has 9 heteroatoms. The highest BCUT2D eigenvalue weighted by Gasteiger charge is 2.15. The van der Waals surface area contributed by atoms with Crippen molar-refractivity contribution >= 4 is 34.9 Å². The van der Waals surface area contributed by atoms with Crippen LogP contribution in [0.25, 0.3) is 11.1 Å². The summed E-state index contributed by atoms with van der Waals surface area (Å²) in [5, 5.41) is 6.44. The van der Waals surface area contributed by atoms with Gasteiger partial charge in [-0.25, -0.2) is 10.8 Å². The standard InChI is InChI=1S/C19H26ClN7.C3H5Cl.C2H6/c1-13(20)8-9-27(23)19(25-22)17-10-16(11-24-18(17)21)15-6-4-14(5-7-15)12-26(2)3;1-3(2)4;1-2/h4-8,10-11H,9,12,22-23H2,1-3H3,(H2,21,24);1H2,2H3;1-2H3/b13-8+,25-19-;;. The van der Waals surface area contributed by atoms with E-state index in [2.05, 4.69) is 45.8 Å². The number of hydrogen-bond acceptors (Lipinski definition) is 6. The van der Waals surface area contributed by atoms with Gasteiger partial charge in [-0.05, 0) is 51.2 Å². The number of halogens is 2. The van der Waals surface area contributed by atoms with E-state index in [1.165, 1.54) is 10.6 Å². The van der Waals surface area contributed by atoms with E-state index in [0.29, 0.717) is 33.8 Å². The lowest BCUT2D eigenvalue weighted by atomic mass is 10.0. The van der Waals surface area contributed by atoms with Crippen LogP contribution in [-0.2, 0) is 6.54 Å². The second-order valence-corrected chi connectivity index (χ2v) is 8.41. The predicted molar refractivity (Wildman–Crippen MR) is 145 cm³/mol. The Labute approximate surface area is 208 Å². The number of aromatic nitrogens is 1. The molecule has 0 saturated carbocycles. The van der Waals surface area contributed by atoms with E-state index in [9.17, 15) is 0 Å². The van der Waals surface area contributed by atoms with Gasteiger partial charge >= 0.3 is 0 Å². The Morgan fingerprint density at radius 3 is 2.12 bits per heavy atom. The summed E-state index contributed by atoms with van der Waals surface area (Å²) in [4.78, 5) is 6.40. The number of rotatable bonds is 6. The van der Waals surface area contributed by atoms with Crippen molar-refractivity contribution in [1.82, 2.24) is 14.9 Å². The number of nitrogen functional groups attached to an aromatic ring is 1. The maximum Gasteiger partial charge on any atom is 0.173 e. The monoisotopic (exact) mass is 493 g/mol. The molecule has 2 rings (SSSR count). The third-order valence-electron chi connectivity index (χ3n) is 3.91. The number of pyridine rings is 1. The van der Waals surface area contributed by atoms with Gasteiger partial charge < -0.3 is 16.5 Å². The molecule has 0 aliphatic carbocycles. The fraction of sp³-hybridized carbons (Fsp3) is 0.333. The Balaban J connectivity index is 0.00000154. The quantitative estimate of drug-likeness (QED) is 0.223. The summed E-state index contributed by atoms with van der Waals surface area (Å²) >= 11 is 10.9. The molecule has 7 nitrogen and oxygen atoms in total. The fourth-order valence-corrected chi connectivity index (χ4v) is 2.66.